The summed E-state index contributed by atoms with van der Waals surface area (Å²) in [5.41, 5.74) is -3.69. The first-order valence-corrected chi connectivity index (χ1v) is 15.9. The van der Waals surface area contributed by atoms with Gasteiger partial charge >= 0.3 is 30.2 Å². The van der Waals surface area contributed by atoms with Crippen LogP contribution in [0.15, 0.2) is 36.4 Å². The Balaban J connectivity index is 2.18. The number of carboxylic acid groups (broad SMARTS) is 1. The minimum Gasteiger partial charge on any atom is -0.487 e. The number of fused-ring (bicyclic) bond motifs is 1. The highest BCUT2D eigenvalue weighted by molar-refractivity contribution is 6.03. The molecule has 0 bridgehead atoms. The zero-order valence-corrected chi connectivity index (χ0v) is 29.0. The zero-order chi connectivity index (χ0) is 38.5. The van der Waals surface area contributed by atoms with Crippen molar-refractivity contribution in [2.75, 3.05) is 29.4 Å². The lowest BCUT2D eigenvalue weighted by atomic mass is 10.1. The van der Waals surface area contributed by atoms with Gasteiger partial charge in [0.25, 0.3) is 0 Å². The average Bonchev–Trinajstić information content (AvgIpc) is 3.35. The lowest BCUT2D eigenvalue weighted by molar-refractivity contribution is -0.171. The van der Waals surface area contributed by atoms with Gasteiger partial charge in [-0.25, -0.2) is 22.8 Å². The van der Waals surface area contributed by atoms with Crippen LogP contribution in [0.1, 0.15) is 65.5 Å². The van der Waals surface area contributed by atoms with Gasteiger partial charge in [0.2, 0.25) is 6.43 Å². The van der Waals surface area contributed by atoms with E-state index in [1.54, 1.807) is 51.1 Å². The predicted octanol–water partition coefficient (Wildman–Crippen LogP) is 7.33. The van der Waals surface area contributed by atoms with E-state index in [4.69, 9.17) is 14.2 Å². The second-order valence-corrected chi connectivity index (χ2v) is 13.8. The van der Waals surface area contributed by atoms with E-state index in [0.717, 1.165) is 11.0 Å². The summed E-state index contributed by atoms with van der Waals surface area (Å²) < 4.78 is 101. The second-order valence-electron chi connectivity index (χ2n) is 13.8. The number of esters is 1. The Hall–Kier alpha value is -4.70. The Labute approximate surface area is 291 Å². The van der Waals surface area contributed by atoms with Crippen LogP contribution in [-0.4, -0.2) is 83.5 Å². The second kappa shape index (κ2) is 16.1. The molecule has 1 heterocycles. The lowest BCUT2D eigenvalue weighted by Crippen LogP contribution is -2.48. The number of carbonyl (C=O) groups excluding carboxylic acids is 3. The van der Waals surface area contributed by atoms with Gasteiger partial charge in [-0.2, -0.15) is 13.2 Å². The van der Waals surface area contributed by atoms with Crippen molar-refractivity contribution in [2.24, 2.45) is 0 Å². The van der Waals surface area contributed by atoms with Crippen LogP contribution >= 0.6 is 0 Å². The van der Waals surface area contributed by atoms with Crippen LogP contribution < -0.4 is 14.5 Å². The molecule has 0 fully saturated rings. The molecule has 11 nitrogen and oxygen atoms in total. The summed E-state index contributed by atoms with van der Waals surface area (Å²) in [5, 5.41) is 10.3. The molecule has 2 aromatic rings. The number of nitrogens with zero attached hydrogens (tertiary/aromatic N) is 3. The maximum absolute atomic E-state index is 16.8. The van der Waals surface area contributed by atoms with E-state index >= 15 is 4.39 Å². The molecule has 0 spiro atoms. The number of benzene rings is 2. The van der Waals surface area contributed by atoms with Gasteiger partial charge in [-0.15, -0.1) is 0 Å². The van der Waals surface area contributed by atoms with Crippen molar-refractivity contribution in [3.63, 3.8) is 0 Å². The van der Waals surface area contributed by atoms with Gasteiger partial charge in [-0.3, -0.25) is 19.4 Å². The minimum atomic E-state index is -5.61. The number of hydrogen-bond donors (Lipinski definition) is 1. The van der Waals surface area contributed by atoms with Crippen molar-refractivity contribution in [3.8, 4) is 5.75 Å². The fraction of sp³-hybridized carbons (Fsp3) is 0.529. The zero-order valence-electron chi connectivity index (χ0n) is 29.0. The van der Waals surface area contributed by atoms with Crippen molar-refractivity contribution in [3.05, 3.63) is 53.3 Å². The predicted molar refractivity (Wildman–Crippen MR) is 172 cm³/mol. The molecule has 51 heavy (non-hydrogen) atoms. The smallest absolute Gasteiger partial charge is 0.471 e. The molecule has 0 saturated heterocycles. The Kier molecular flexibility index (Phi) is 12.9. The molecule has 1 atom stereocenters. The number of alkyl halides is 5. The molecule has 0 unspecified atom stereocenters. The van der Waals surface area contributed by atoms with Crippen LogP contribution in [0, 0.1) is 5.82 Å². The molecule has 0 aliphatic carbocycles. The molecule has 17 heteroatoms. The lowest BCUT2D eigenvalue weighted by Gasteiger charge is -2.31. The molecule has 2 aromatic carbocycles. The van der Waals surface area contributed by atoms with Crippen molar-refractivity contribution in [1.29, 1.82) is 0 Å². The van der Waals surface area contributed by atoms with Gasteiger partial charge in [0.1, 0.15) is 35.8 Å². The summed E-state index contributed by atoms with van der Waals surface area (Å²) in [6.07, 6.45) is -12.2. The van der Waals surface area contributed by atoms with Gasteiger partial charge in [0.05, 0.1) is 11.7 Å². The van der Waals surface area contributed by atoms with Gasteiger partial charge in [-0.05, 0) is 53.5 Å². The van der Waals surface area contributed by atoms with Gasteiger partial charge < -0.3 is 24.2 Å². The number of rotatable bonds is 12. The molecule has 0 radical (unpaired) electrons. The molecule has 1 N–H and O–H groups in total. The van der Waals surface area contributed by atoms with Crippen LogP contribution in [-0.2, 0) is 32.1 Å². The molecule has 0 saturated carbocycles. The first-order chi connectivity index (χ1) is 23.5. The SMILES string of the molecule is CC(C)(C)OC(=O)CN(C(=O)C(F)(F)F)c1c(OCc2ccccc2)cc2c(c1F)C[C@H](CN(CCCC(F)F)C(=O)OC(C)(C)C)N2C(=O)O. The first kappa shape index (κ1) is 40.7. The van der Waals surface area contributed by atoms with Gasteiger partial charge in [-0.1, -0.05) is 30.3 Å². The van der Waals surface area contributed by atoms with Gasteiger partial charge in [0.15, 0.2) is 5.82 Å². The molecular weight excluding hydrogens is 692 g/mol. The van der Waals surface area contributed by atoms with E-state index in [-0.39, 0.29) is 30.2 Å². The highest BCUT2D eigenvalue weighted by Crippen LogP contribution is 2.45. The van der Waals surface area contributed by atoms with E-state index in [9.17, 15) is 46.2 Å². The quantitative estimate of drug-likeness (QED) is 0.178. The van der Waals surface area contributed by atoms with Gasteiger partial charge in [0, 0.05) is 37.6 Å². The fourth-order valence-corrected chi connectivity index (χ4v) is 5.26. The maximum Gasteiger partial charge on any atom is 0.471 e. The Bertz CT molecular complexity index is 1570. The van der Waals surface area contributed by atoms with Crippen molar-refractivity contribution in [1.82, 2.24) is 4.90 Å². The number of ether oxygens (including phenoxy) is 3. The number of hydrogen-bond acceptors (Lipinski definition) is 7. The summed E-state index contributed by atoms with van der Waals surface area (Å²) in [6.45, 7) is 6.40. The largest absolute Gasteiger partial charge is 0.487 e. The number of carbonyl (C=O) groups is 4. The summed E-state index contributed by atoms with van der Waals surface area (Å²) in [5.74, 6) is -6.14. The number of halogens is 6. The third kappa shape index (κ3) is 11.4. The van der Waals surface area contributed by atoms with Crippen LogP contribution in [0.4, 0.5) is 47.3 Å². The summed E-state index contributed by atoms with van der Waals surface area (Å²) >= 11 is 0. The van der Waals surface area contributed by atoms with E-state index in [1.807, 2.05) is 0 Å². The molecule has 3 rings (SSSR count). The standard InChI is InChI=1S/C34H41F6N3O8/c1-32(2,3)50-26(44)18-42(29(45)34(38,39)40)28-24(49-19-20-11-8-7-9-12-20)16-23-22(27(28)37)15-21(43(23)30(46)47)17-41(14-10-13-25(35)36)31(48)51-33(4,5)6/h7-9,11-12,16,21,25H,10,13-15,17-19H2,1-6H3,(H,46,47)/t21-/m1/s1. The molecule has 282 valence electrons. The van der Waals surface area contributed by atoms with E-state index in [1.165, 1.54) is 20.8 Å². The molecule has 0 aromatic heterocycles. The molecule has 1 aliphatic rings. The minimum absolute atomic E-state index is 0.167. The van der Waals surface area contributed by atoms with Crippen molar-refractivity contribution >= 4 is 35.4 Å². The van der Waals surface area contributed by atoms with Crippen LogP contribution in [0.2, 0.25) is 0 Å². The van der Waals surface area contributed by atoms with Crippen LogP contribution in [0.3, 0.4) is 0 Å². The monoisotopic (exact) mass is 733 g/mol. The molecule has 1 aliphatic heterocycles. The number of anilines is 2. The molecular formula is C34H41F6N3O8. The highest BCUT2D eigenvalue weighted by atomic mass is 19.4. The highest BCUT2D eigenvalue weighted by Gasteiger charge is 2.47. The fourth-order valence-electron chi connectivity index (χ4n) is 5.26. The van der Waals surface area contributed by atoms with E-state index in [2.05, 4.69) is 0 Å². The van der Waals surface area contributed by atoms with Crippen LogP contribution in [0.25, 0.3) is 0 Å². The van der Waals surface area contributed by atoms with Crippen LogP contribution in [0.5, 0.6) is 5.75 Å². The summed E-state index contributed by atoms with van der Waals surface area (Å²) in [7, 11) is 0. The summed E-state index contributed by atoms with van der Waals surface area (Å²) in [4.78, 5) is 52.8. The Morgan fingerprint density at radius 1 is 0.980 bits per heavy atom. The normalized spacial score (nSPS) is 14.6. The average molecular weight is 734 g/mol. The topological polar surface area (TPSA) is 126 Å². The van der Waals surface area contributed by atoms with Crippen molar-refractivity contribution in [2.45, 2.75) is 97.3 Å². The third-order valence-corrected chi connectivity index (χ3v) is 7.19. The Morgan fingerprint density at radius 2 is 1.59 bits per heavy atom. The van der Waals surface area contributed by atoms with Crippen molar-refractivity contribution < 1.29 is 64.8 Å². The van der Waals surface area contributed by atoms with E-state index < -0.39 is 103 Å². The number of amides is 3. The Morgan fingerprint density at radius 3 is 2.12 bits per heavy atom. The third-order valence-electron chi connectivity index (χ3n) is 7.19. The van der Waals surface area contributed by atoms with E-state index in [0.29, 0.717) is 10.5 Å². The molecule has 3 amide bonds. The summed E-state index contributed by atoms with van der Waals surface area (Å²) in [6, 6.07) is 7.74. The maximum atomic E-state index is 16.8. The first-order valence-electron chi connectivity index (χ1n) is 15.9.